The van der Waals surface area contributed by atoms with E-state index < -0.39 is 23.1 Å². The van der Waals surface area contributed by atoms with Gasteiger partial charge in [-0.3, -0.25) is 9.59 Å². The van der Waals surface area contributed by atoms with Crippen molar-refractivity contribution in [2.24, 2.45) is 11.3 Å². The van der Waals surface area contributed by atoms with Crippen molar-refractivity contribution in [1.82, 2.24) is 4.90 Å². The van der Waals surface area contributed by atoms with E-state index in [2.05, 4.69) is 0 Å². The van der Waals surface area contributed by atoms with Crippen LogP contribution in [0.1, 0.15) is 30.4 Å². The molecule has 1 heterocycles. The Bertz CT molecular complexity index is 656. The SMILES string of the molecule is O=C(Cc1ccc(C(F)(F)F)cc1)N1C[C@@H]2CCC[C@@]2(C(=O)O)C1. The molecular weight excluding hydrogens is 323 g/mol. The molecule has 1 aromatic rings. The third-order valence-electron chi connectivity index (χ3n) is 5.29. The van der Waals surface area contributed by atoms with Crippen LogP contribution in [0.3, 0.4) is 0 Å². The van der Waals surface area contributed by atoms with Crippen LogP contribution < -0.4 is 0 Å². The first-order valence-corrected chi connectivity index (χ1v) is 7.90. The molecule has 1 N–H and O–H groups in total. The van der Waals surface area contributed by atoms with Crippen molar-refractivity contribution in [3.63, 3.8) is 0 Å². The molecule has 0 aromatic heterocycles. The number of carbonyl (C=O) groups is 2. The minimum atomic E-state index is -4.40. The maximum Gasteiger partial charge on any atom is 0.416 e. The number of benzene rings is 1. The molecule has 130 valence electrons. The summed E-state index contributed by atoms with van der Waals surface area (Å²) in [6.07, 6.45) is -2.17. The van der Waals surface area contributed by atoms with E-state index in [1.807, 2.05) is 0 Å². The third-order valence-corrected chi connectivity index (χ3v) is 5.29. The summed E-state index contributed by atoms with van der Waals surface area (Å²) in [6, 6.07) is 4.51. The first kappa shape index (κ1) is 16.8. The normalized spacial score (nSPS) is 26.5. The molecular formula is C17H18F3NO3. The largest absolute Gasteiger partial charge is 0.481 e. The van der Waals surface area contributed by atoms with Crippen molar-refractivity contribution in [1.29, 1.82) is 0 Å². The summed E-state index contributed by atoms with van der Waals surface area (Å²) in [5.41, 5.74) is -1.09. The molecule has 0 spiro atoms. The zero-order valence-electron chi connectivity index (χ0n) is 13.0. The van der Waals surface area contributed by atoms with Crippen LogP contribution in [-0.2, 0) is 22.2 Å². The van der Waals surface area contributed by atoms with Crippen LogP contribution in [0.2, 0.25) is 0 Å². The number of nitrogens with zero attached hydrogens (tertiary/aromatic N) is 1. The Balaban J connectivity index is 1.67. The molecule has 2 atom stereocenters. The van der Waals surface area contributed by atoms with Crippen LogP contribution in [0.25, 0.3) is 0 Å². The number of carboxylic acids is 1. The number of fused-ring (bicyclic) bond motifs is 1. The average Bonchev–Trinajstić information content (AvgIpc) is 3.04. The molecule has 1 amide bonds. The number of halogens is 3. The van der Waals surface area contributed by atoms with Crippen molar-refractivity contribution in [3.8, 4) is 0 Å². The number of hydrogen-bond acceptors (Lipinski definition) is 2. The first-order chi connectivity index (χ1) is 11.2. The number of carbonyl (C=O) groups excluding carboxylic acids is 1. The molecule has 24 heavy (non-hydrogen) atoms. The molecule has 3 rings (SSSR count). The predicted molar refractivity (Wildman–Crippen MR) is 79.1 cm³/mol. The third kappa shape index (κ3) is 2.87. The Morgan fingerprint density at radius 2 is 1.92 bits per heavy atom. The maximum atomic E-state index is 12.5. The Labute approximate surface area is 137 Å². The van der Waals surface area contributed by atoms with Gasteiger partial charge in [-0.15, -0.1) is 0 Å². The monoisotopic (exact) mass is 341 g/mol. The Kier molecular flexibility index (Phi) is 4.05. The molecule has 0 unspecified atom stereocenters. The van der Waals surface area contributed by atoms with Gasteiger partial charge in [-0.25, -0.2) is 0 Å². The van der Waals surface area contributed by atoms with Gasteiger partial charge >= 0.3 is 12.1 Å². The second-order valence-corrected chi connectivity index (χ2v) is 6.70. The van der Waals surface area contributed by atoms with Crippen molar-refractivity contribution >= 4 is 11.9 Å². The van der Waals surface area contributed by atoms with E-state index in [4.69, 9.17) is 0 Å². The van der Waals surface area contributed by atoms with E-state index in [0.29, 0.717) is 18.5 Å². The molecule has 1 aromatic carbocycles. The van der Waals surface area contributed by atoms with Gasteiger partial charge in [0.1, 0.15) is 0 Å². The fraction of sp³-hybridized carbons (Fsp3) is 0.529. The molecule has 1 aliphatic carbocycles. The number of hydrogen-bond donors (Lipinski definition) is 1. The van der Waals surface area contributed by atoms with Gasteiger partial charge in [0, 0.05) is 13.1 Å². The van der Waals surface area contributed by atoms with Gasteiger partial charge in [-0.1, -0.05) is 18.6 Å². The number of alkyl halides is 3. The van der Waals surface area contributed by atoms with Crippen LogP contribution in [0.15, 0.2) is 24.3 Å². The average molecular weight is 341 g/mol. The summed E-state index contributed by atoms with van der Waals surface area (Å²) in [7, 11) is 0. The number of amides is 1. The van der Waals surface area contributed by atoms with E-state index in [1.54, 1.807) is 4.90 Å². The molecule has 7 heteroatoms. The van der Waals surface area contributed by atoms with E-state index in [1.165, 1.54) is 12.1 Å². The van der Waals surface area contributed by atoms with Gasteiger partial charge in [0.2, 0.25) is 5.91 Å². The molecule has 0 bridgehead atoms. The van der Waals surface area contributed by atoms with Crippen molar-refractivity contribution < 1.29 is 27.9 Å². The summed E-state index contributed by atoms with van der Waals surface area (Å²) in [6.45, 7) is 0.623. The lowest BCUT2D eigenvalue weighted by Gasteiger charge is -2.23. The predicted octanol–water partition coefficient (Wildman–Crippen LogP) is 2.96. The van der Waals surface area contributed by atoms with Crippen molar-refractivity contribution in [3.05, 3.63) is 35.4 Å². The smallest absolute Gasteiger partial charge is 0.416 e. The van der Waals surface area contributed by atoms with Crippen LogP contribution in [0.5, 0.6) is 0 Å². The van der Waals surface area contributed by atoms with Crippen LogP contribution in [0.4, 0.5) is 13.2 Å². The Morgan fingerprint density at radius 1 is 1.25 bits per heavy atom. The second-order valence-electron chi connectivity index (χ2n) is 6.70. The Morgan fingerprint density at radius 3 is 2.46 bits per heavy atom. The van der Waals surface area contributed by atoms with E-state index >= 15 is 0 Å². The molecule has 2 fully saturated rings. The van der Waals surface area contributed by atoms with Gasteiger partial charge in [0.25, 0.3) is 0 Å². The second kappa shape index (κ2) is 5.79. The molecule has 1 aliphatic heterocycles. The summed E-state index contributed by atoms with van der Waals surface area (Å²) in [5.74, 6) is -1.11. The minimum absolute atomic E-state index is 0.0133. The number of carboxylic acid groups (broad SMARTS) is 1. The highest BCUT2D eigenvalue weighted by atomic mass is 19.4. The quantitative estimate of drug-likeness (QED) is 0.920. The topological polar surface area (TPSA) is 57.6 Å². The fourth-order valence-corrected chi connectivity index (χ4v) is 3.93. The molecule has 2 aliphatic rings. The van der Waals surface area contributed by atoms with E-state index in [-0.39, 0.29) is 24.8 Å². The lowest BCUT2D eigenvalue weighted by atomic mass is 9.81. The van der Waals surface area contributed by atoms with Gasteiger partial charge in [0.15, 0.2) is 0 Å². The lowest BCUT2D eigenvalue weighted by Crippen LogP contribution is -2.37. The number of likely N-dealkylation sites (tertiary alicyclic amines) is 1. The van der Waals surface area contributed by atoms with E-state index in [0.717, 1.165) is 25.0 Å². The standard InChI is InChI=1S/C17H18F3NO3/c18-17(19,20)12-5-3-11(4-6-12)8-14(22)21-9-13-2-1-7-16(13,10-21)15(23)24/h3-6,13H,1-2,7-10H2,(H,23,24)/t13-,16+/m0/s1. The van der Waals surface area contributed by atoms with Crippen LogP contribution in [0, 0.1) is 11.3 Å². The summed E-state index contributed by atoms with van der Waals surface area (Å²) in [5, 5.41) is 9.53. The highest BCUT2D eigenvalue weighted by molar-refractivity contribution is 5.82. The minimum Gasteiger partial charge on any atom is -0.481 e. The van der Waals surface area contributed by atoms with Crippen LogP contribution in [-0.4, -0.2) is 35.0 Å². The first-order valence-electron chi connectivity index (χ1n) is 7.90. The van der Waals surface area contributed by atoms with Crippen molar-refractivity contribution in [2.75, 3.05) is 13.1 Å². The van der Waals surface area contributed by atoms with Gasteiger partial charge in [0.05, 0.1) is 17.4 Å². The highest BCUT2D eigenvalue weighted by Gasteiger charge is 2.55. The summed E-state index contributed by atoms with van der Waals surface area (Å²) in [4.78, 5) is 25.6. The van der Waals surface area contributed by atoms with Gasteiger partial charge in [-0.2, -0.15) is 13.2 Å². The van der Waals surface area contributed by atoms with Crippen LogP contribution >= 0.6 is 0 Å². The van der Waals surface area contributed by atoms with Gasteiger partial charge in [-0.05, 0) is 36.5 Å². The Hall–Kier alpha value is -2.05. The summed E-state index contributed by atoms with van der Waals surface area (Å²) >= 11 is 0. The maximum absolute atomic E-state index is 12.5. The zero-order chi connectivity index (χ0) is 17.5. The zero-order valence-corrected chi connectivity index (χ0v) is 13.0. The lowest BCUT2D eigenvalue weighted by molar-refractivity contribution is -0.149. The molecule has 0 radical (unpaired) electrons. The molecule has 4 nitrogen and oxygen atoms in total. The highest BCUT2D eigenvalue weighted by Crippen LogP contribution is 2.48. The fourth-order valence-electron chi connectivity index (χ4n) is 3.93. The molecule has 1 saturated carbocycles. The number of rotatable bonds is 3. The van der Waals surface area contributed by atoms with Crippen molar-refractivity contribution in [2.45, 2.75) is 31.9 Å². The van der Waals surface area contributed by atoms with Gasteiger partial charge < -0.3 is 10.0 Å². The summed E-state index contributed by atoms with van der Waals surface area (Å²) < 4.78 is 37.6. The number of aliphatic carboxylic acids is 1. The molecule has 1 saturated heterocycles. The van der Waals surface area contributed by atoms with E-state index in [9.17, 15) is 27.9 Å².